The minimum Gasteiger partial charge on any atom is -0.370 e. The summed E-state index contributed by atoms with van der Waals surface area (Å²) in [5.74, 6) is 0.173. The maximum Gasteiger partial charge on any atom is 0.202 e. The number of nitrogens with zero attached hydrogens (tertiary/aromatic N) is 1. The van der Waals surface area contributed by atoms with E-state index >= 15 is 0 Å². The number of ketones is 1. The van der Waals surface area contributed by atoms with Crippen molar-refractivity contribution in [3.05, 3.63) is 70.6 Å². The van der Waals surface area contributed by atoms with E-state index in [9.17, 15) is 4.79 Å². The average Bonchev–Trinajstić information content (AvgIpc) is 3.19. The summed E-state index contributed by atoms with van der Waals surface area (Å²) >= 11 is 1.62. The van der Waals surface area contributed by atoms with Crippen LogP contribution in [-0.2, 0) is 0 Å². The Labute approximate surface area is 134 Å². The molecule has 2 aromatic carbocycles. The summed E-state index contributed by atoms with van der Waals surface area (Å²) in [6.07, 6.45) is 2.41. The van der Waals surface area contributed by atoms with E-state index in [1.54, 1.807) is 11.8 Å². The van der Waals surface area contributed by atoms with Crippen LogP contribution in [0.4, 0.5) is 0 Å². The molecule has 22 heavy (non-hydrogen) atoms. The van der Waals surface area contributed by atoms with Gasteiger partial charge < -0.3 is 4.90 Å². The van der Waals surface area contributed by atoms with Gasteiger partial charge in [-0.15, -0.1) is 0 Å². The van der Waals surface area contributed by atoms with Gasteiger partial charge in [0.05, 0.1) is 10.6 Å². The van der Waals surface area contributed by atoms with Crippen LogP contribution in [0, 0.1) is 0 Å². The van der Waals surface area contributed by atoms with Crippen LogP contribution in [0.2, 0.25) is 0 Å². The predicted octanol–water partition coefficient (Wildman–Crippen LogP) is 4.44. The van der Waals surface area contributed by atoms with E-state index in [-0.39, 0.29) is 5.78 Å². The van der Waals surface area contributed by atoms with Crippen LogP contribution in [-0.4, -0.2) is 23.8 Å². The fourth-order valence-corrected chi connectivity index (χ4v) is 4.36. The fraction of sp³-hybridized carbons (Fsp3) is 0.211. The molecule has 0 radical (unpaired) electrons. The Morgan fingerprint density at radius 2 is 1.59 bits per heavy atom. The SMILES string of the molecule is O=C1/C(=C(/c2ccccc2)N2CCCC2)Sc2ccccc21. The molecule has 2 aliphatic heterocycles. The maximum absolute atomic E-state index is 12.9. The van der Waals surface area contributed by atoms with E-state index in [2.05, 4.69) is 17.0 Å². The van der Waals surface area contributed by atoms with E-state index < -0.39 is 0 Å². The van der Waals surface area contributed by atoms with Crippen LogP contribution in [0.1, 0.15) is 28.8 Å². The van der Waals surface area contributed by atoms with Gasteiger partial charge in [0.1, 0.15) is 0 Å². The number of carbonyl (C=O) groups excluding carboxylic acids is 1. The van der Waals surface area contributed by atoms with E-state index in [0.717, 1.165) is 39.7 Å². The largest absolute Gasteiger partial charge is 0.370 e. The van der Waals surface area contributed by atoms with Crippen LogP contribution < -0.4 is 0 Å². The first-order valence-electron chi connectivity index (χ1n) is 7.71. The molecule has 0 N–H and O–H groups in total. The number of hydrogen-bond donors (Lipinski definition) is 0. The van der Waals surface area contributed by atoms with Gasteiger partial charge in [-0.3, -0.25) is 4.79 Å². The molecule has 0 atom stereocenters. The van der Waals surface area contributed by atoms with Crippen molar-refractivity contribution in [3.8, 4) is 0 Å². The van der Waals surface area contributed by atoms with Gasteiger partial charge in [-0.25, -0.2) is 0 Å². The van der Waals surface area contributed by atoms with Crippen molar-refractivity contribution < 1.29 is 4.79 Å². The Kier molecular flexibility index (Phi) is 3.51. The molecule has 0 bridgehead atoms. The molecule has 4 rings (SSSR count). The van der Waals surface area contributed by atoms with Crippen LogP contribution in [0.3, 0.4) is 0 Å². The monoisotopic (exact) mass is 307 g/mol. The smallest absolute Gasteiger partial charge is 0.202 e. The fourth-order valence-electron chi connectivity index (χ4n) is 3.17. The normalized spacial score (nSPS) is 19.5. The number of allylic oxidation sites excluding steroid dienone is 1. The molecular formula is C19H17NOS. The van der Waals surface area contributed by atoms with Gasteiger partial charge in [0.25, 0.3) is 0 Å². The molecule has 0 amide bonds. The lowest BCUT2D eigenvalue weighted by Gasteiger charge is -2.23. The molecule has 2 aliphatic rings. The van der Waals surface area contributed by atoms with Crippen molar-refractivity contribution >= 4 is 23.2 Å². The Morgan fingerprint density at radius 3 is 2.32 bits per heavy atom. The molecule has 2 heterocycles. The highest BCUT2D eigenvalue weighted by Crippen LogP contribution is 2.44. The number of Topliss-reactive ketones (excluding diaryl/α,β-unsaturated/α-hetero) is 1. The summed E-state index contributed by atoms with van der Waals surface area (Å²) in [7, 11) is 0. The molecule has 0 unspecified atom stereocenters. The zero-order chi connectivity index (χ0) is 14.9. The molecule has 2 aromatic rings. The van der Waals surface area contributed by atoms with Crippen molar-refractivity contribution in [2.75, 3.05) is 13.1 Å². The second kappa shape index (κ2) is 5.65. The summed E-state index contributed by atoms with van der Waals surface area (Å²) in [4.78, 5) is 17.2. The zero-order valence-electron chi connectivity index (χ0n) is 12.3. The van der Waals surface area contributed by atoms with Gasteiger partial charge in [0, 0.05) is 23.5 Å². The number of hydrogen-bond acceptors (Lipinski definition) is 3. The van der Waals surface area contributed by atoms with Gasteiger partial charge in [-0.2, -0.15) is 0 Å². The summed E-state index contributed by atoms with van der Waals surface area (Å²) in [6, 6.07) is 18.2. The Morgan fingerprint density at radius 1 is 0.909 bits per heavy atom. The first-order chi connectivity index (χ1) is 10.8. The number of benzene rings is 2. The molecule has 3 heteroatoms. The second-order valence-corrected chi connectivity index (χ2v) is 6.72. The molecule has 2 nitrogen and oxygen atoms in total. The van der Waals surface area contributed by atoms with Crippen molar-refractivity contribution in [1.82, 2.24) is 4.90 Å². The van der Waals surface area contributed by atoms with Crippen molar-refractivity contribution in [2.24, 2.45) is 0 Å². The number of thioether (sulfide) groups is 1. The van der Waals surface area contributed by atoms with Crippen LogP contribution in [0.25, 0.3) is 5.70 Å². The zero-order valence-corrected chi connectivity index (χ0v) is 13.1. The van der Waals surface area contributed by atoms with Crippen molar-refractivity contribution in [1.29, 1.82) is 0 Å². The lowest BCUT2D eigenvalue weighted by molar-refractivity contribution is 0.104. The maximum atomic E-state index is 12.9. The minimum absolute atomic E-state index is 0.173. The first-order valence-corrected chi connectivity index (χ1v) is 8.52. The van der Waals surface area contributed by atoms with Gasteiger partial charge in [0.2, 0.25) is 5.78 Å². The van der Waals surface area contributed by atoms with E-state index in [1.165, 1.54) is 12.8 Å². The highest BCUT2D eigenvalue weighted by atomic mass is 32.2. The van der Waals surface area contributed by atoms with Crippen molar-refractivity contribution in [2.45, 2.75) is 17.7 Å². The quantitative estimate of drug-likeness (QED) is 0.765. The molecule has 1 fully saturated rings. The average molecular weight is 307 g/mol. The molecular weight excluding hydrogens is 290 g/mol. The standard InChI is InChI=1S/C19H17NOS/c21-18-15-10-4-5-11-16(15)22-19(18)17(20-12-6-7-13-20)14-8-2-1-3-9-14/h1-5,8-11H,6-7,12-13H2/b19-17+. The molecule has 110 valence electrons. The molecule has 0 saturated carbocycles. The second-order valence-electron chi connectivity index (χ2n) is 5.67. The van der Waals surface area contributed by atoms with Gasteiger partial charge >= 0.3 is 0 Å². The molecule has 0 spiro atoms. The third-order valence-electron chi connectivity index (χ3n) is 4.23. The Hall–Kier alpha value is -2.00. The van der Waals surface area contributed by atoms with Crippen LogP contribution in [0.5, 0.6) is 0 Å². The highest BCUT2D eigenvalue weighted by Gasteiger charge is 2.31. The van der Waals surface area contributed by atoms with Gasteiger partial charge in [-0.1, -0.05) is 54.2 Å². The van der Waals surface area contributed by atoms with Crippen LogP contribution in [0.15, 0.2) is 64.4 Å². The summed E-state index contributed by atoms with van der Waals surface area (Å²) in [5, 5.41) is 0. The number of fused-ring (bicyclic) bond motifs is 1. The van der Waals surface area contributed by atoms with E-state index in [0.29, 0.717) is 0 Å². The summed E-state index contributed by atoms with van der Waals surface area (Å²) in [6.45, 7) is 2.08. The van der Waals surface area contributed by atoms with Gasteiger partial charge in [0.15, 0.2) is 0 Å². The Bertz CT molecular complexity index is 745. The Balaban J connectivity index is 1.86. The molecule has 1 saturated heterocycles. The lowest BCUT2D eigenvalue weighted by atomic mass is 10.1. The lowest BCUT2D eigenvalue weighted by Crippen LogP contribution is -2.20. The predicted molar refractivity (Wildman–Crippen MR) is 90.8 cm³/mol. The number of carbonyl (C=O) groups is 1. The number of rotatable bonds is 2. The topological polar surface area (TPSA) is 20.3 Å². The first kappa shape index (κ1) is 13.6. The number of likely N-dealkylation sites (tertiary alicyclic amines) is 1. The highest BCUT2D eigenvalue weighted by molar-refractivity contribution is 8.05. The van der Waals surface area contributed by atoms with E-state index in [4.69, 9.17) is 0 Å². The third kappa shape index (κ3) is 2.26. The van der Waals surface area contributed by atoms with Gasteiger partial charge in [-0.05, 0) is 30.5 Å². The van der Waals surface area contributed by atoms with E-state index in [1.807, 2.05) is 42.5 Å². The molecule has 0 aromatic heterocycles. The minimum atomic E-state index is 0.173. The van der Waals surface area contributed by atoms with Crippen LogP contribution >= 0.6 is 11.8 Å². The third-order valence-corrected chi connectivity index (χ3v) is 5.39. The summed E-state index contributed by atoms with van der Waals surface area (Å²) in [5.41, 5.74) is 3.10. The molecule has 0 aliphatic carbocycles. The summed E-state index contributed by atoms with van der Waals surface area (Å²) < 4.78 is 0. The van der Waals surface area contributed by atoms with Crippen molar-refractivity contribution in [3.63, 3.8) is 0 Å².